The van der Waals surface area contributed by atoms with E-state index in [4.69, 9.17) is 23.2 Å². The van der Waals surface area contributed by atoms with Gasteiger partial charge < -0.3 is 0 Å². The van der Waals surface area contributed by atoms with Gasteiger partial charge in [0.2, 0.25) is 0 Å². The van der Waals surface area contributed by atoms with Gasteiger partial charge >= 0.3 is 0 Å². The van der Waals surface area contributed by atoms with Gasteiger partial charge in [-0.15, -0.1) is 0 Å². The molecule has 1 heterocycles. The molecule has 0 amide bonds. The zero-order valence-corrected chi connectivity index (χ0v) is 10.2. The maximum Gasteiger partial charge on any atom is 0.295 e. The third-order valence-electron chi connectivity index (χ3n) is 2.22. The zero-order chi connectivity index (χ0) is 13.3. The molecule has 1 aromatic carbocycles. The average molecular weight is 287 g/mol. The Morgan fingerprint density at radius 2 is 1.94 bits per heavy atom. The van der Waals surface area contributed by atoms with Crippen LogP contribution in [0.1, 0.15) is 0 Å². The van der Waals surface area contributed by atoms with E-state index in [9.17, 15) is 14.5 Å². The molecule has 0 aliphatic heterocycles. The van der Waals surface area contributed by atoms with Crippen molar-refractivity contribution in [2.75, 3.05) is 0 Å². The predicted molar refractivity (Wildman–Crippen MR) is 66.3 cm³/mol. The van der Waals surface area contributed by atoms with Crippen LogP contribution in [0.25, 0.3) is 11.3 Å². The van der Waals surface area contributed by atoms with E-state index < -0.39 is 10.7 Å². The third-order valence-corrected chi connectivity index (χ3v) is 2.75. The number of nitro groups is 1. The molecule has 0 unspecified atom stereocenters. The number of hydrogen-bond acceptors (Lipinski definition) is 3. The SMILES string of the molecule is O=[N+]([O-])c1ccc(Cl)nc1-c1ccc(F)cc1Cl. The largest absolute Gasteiger partial charge is 0.295 e. The Bertz CT molecular complexity index is 634. The Morgan fingerprint density at radius 3 is 2.56 bits per heavy atom. The summed E-state index contributed by atoms with van der Waals surface area (Å²) in [5, 5.41) is 11.0. The Hall–Kier alpha value is -1.72. The number of pyridine rings is 1. The van der Waals surface area contributed by atoms with E-state index in [1.54, 1.807) is 0 Å². The first-order chi connectivity index (χ1) is 8.49. The summed E-state index contributed by atoms with van der Waals surface area (Å²) in [7, 11) is 0. The first-order valence-electron chi connectivity index (χ1n) is 4.75. The maximum atomic E-state index is 12.9. The van der Waals surface area contributed by atoms with Crippen molar-refractivity contribution in [1.29, 1.82) is 0 Å². The van der Waals surface area contributed by atoms with Gasteiger partial charge in [0.1, 0.15) is 11.0 Å². The average Bonchev–Trinajstić information content (AvgIpc) is 2.28. The van der Waals surface area contributed by atoms with Crippen LogP contribution in [0, 0.1) is 15.9 Å². The highest BCUT2D eigenvalue weighted by molar-refractivity contribution is 6.33. The summed E-state index contributed by atoms with van der Waals surface area (Å²) < 4.78 is 12.9. The van der Waals surface area contributed by atoms with Crippen molar-refractivity contribution >= 4 is 28.9 Å². The molecule has 2 aromatic rings. The highest BCUT2D eigenvalue weighted by Crippen LogP contribution is 2.34. The van der Waals surface area contributed by atoms with Crippen molar-refractivity contribution in [2.45, 2.75) is 0 Å². The van der Waals surface area contributed by atoms with Crippen molar-refractivity contribution in [1.82, 2.24) is 4.98 Å². The van der Waals surface area contributed by atoms with Gasteiger partial charge in [-0.05, 0) is 24.3 Å². The Labute approximate surface area is 111 Å². The molecular weight excluding hydrogens is 282 g/mol. The minimum atomic E-state index is -0.599. The number of nitrogens with zero attached hydrogens (tertiary/aromatic N) is 2. The van der Waals surface area contributed by atoms with Gasteiger partial charge in [0, 0.05) is 11.6 Å². The maximum absolute atomic E-state index is 12.9. The van der Waals surface area contributed by atoms with E-state index in [2.05, 4.69) is 4.98 Å². The van der Waals surface area contributed by atoms with Crippen LogP contribution in [0.4, 0.5) is 10.1 Å². The summed E-state index contributed by atoms with van der Waals surface area (Å²) in [4.78, 5) is 14.2. The molecule has 0 bridgehead atoms. The number of hydrogen-bond donors (Lipinski definition) is 0. The van der Waals surface area contributed by atoms with Crippen molar-refractivity contribution in [3.8, 4) is 11.3 Å². The minimum Gasteiger partial charge on any atom is -0.258 e. The van der Waals surface area contributed by atoms with Crippen LogP contribution in [0.15, 0.2) is 30.3 Å². The molecule has 92 valence electrons. The lowest BCUT2D eigenvalue weighted by Crippen LogP contribution is -1.95. The van der Waals surface area contributed by atoms with Crippen molar-refractivity contribution < 1.29 is 9.31 Å². The van der Waals surface area contributed by atoms with Gasteiger partial charge in [0.15, 0.2) is 5.69 Å². The fourth-order valence-electron chi connectivity index (χ4n) is 1.46. The summed E-state index contributed by atoms with van der Waals surface area (Å²) in [5.41, 5.74) is 0.0256. The predicted octanol–water partition coefficient (Wildman–Crippen LogP) is 4.10. The second-order valence-electron chi connectivity index (χ2n) is 3.38. The third kappa shape index (κ3) is 2.42. The minimum absolute atomic E-state index is 0.0116. The quantitative estimate of drug-likeness (QED) is 0.474. The molecule has 1 aromatic heterocycles. The van der Waals surface area contributed by atoms with E-state index in [1.165, 1.54) is 18.2 Å². The molecule has 0 saturated carbocycles. The van der Waals surface area contributed by atoms with Crippen LogP contribution >= 0.6 is 23.2 Å². The van der Waals surface area contributed by atoms with Crippen LogP contribution in [0.2, 0.25) is 10.2 Å². The Morgan fingerprint density at radius 1 is 1.22 bits per heavy atom. The zero-order valence-electron chi connectivity index (χ0n) is 8.73. The second-order valence-corrected chi connectivity index (χ2v) is 4.18. The monoisotopic (exact) mass is 286 g/mol. The van der Waals surface area contributed by atoms with Gasteiger partial charge in [-0.3, -0.25) is 10.1 Å². The van der Waals surface area contributed by atoms with E-state index in [1.807, 2.05) is 0 Å². The number of halogens is 3. The Kier molecular flexibility index (Phi) is 3.45. The molecule has 0 saturated heterocycles. The normalized spacial score (nSPS) is 10.4. The molecule has 4 nitrogen and oxygen atoms in total. The number of benzene rings is 1. The van der Waals surface area contributed by atoms with Gasteiger partial charge in [0.25, 0.3) is 5.69 Å². The molecular formula is C11H5Cl2FN2O2. The van der Waals surface area contributed by atoms with E-state index in [-0.39, 0.29) is 27.1 Å². The lowest BCUT2D eigenvalue weighted by atomic mass is 10.1. The molecule has 0 spiro atoms. The molecule has 0 radical (unpaired) electrons. The fraction of sp³-hybridized carbons (Fsp3) is 0. The topological polar surface area (TPSA) is 56.0 Å². The molecule has 18 heavy (non-hydrogen) atoms. The molecule has 0 fully saturated rings. The Balaban J connectivity index is 2.69. The van der Waals surface area contributed by atoms with Gasteiger partial charge in [-0.1, -0.05) is 23.2 Å². The highest BCUT2D eigenvalue weighted by atomic mass is 35.5. The van der Waals surface area contributed by atoms with Crippen LogP contribution in [-0.4, -0.2) is 9.91 Å². The molecule has 0 atom stereocenters. The van der Waals surface area contributed by atoms with Gasteiger partial charge in [-0.25, -0.2) is 9.37 Å². The second kappa shape index (κ2) is 4.88. The van der Waals surface area contributed by atoms with Crippen LogP contribution in [0.5, 0.6) is 0 Å². The van der Waals surface area contributed by atoms with Crippen LogP contribution in [-0.2, 0) is 0 Å². The summed E-state index contributed by atoms with van der Waals surface area (Å²) in [6, 6.07) is 6.06. The molecule has 2 rings (SSSR count). The lowest BCUT2D eigenvalue weighted by molar-refractivity contribution is -0.384. The molecule has 0 N–H and O–H groups in total. The van der Waals surface area contributed by atoms with Crippen molar-refractivity contribution in [3.63, 3.8) is 0 Å². The van der Waals surface area contributed by atoms with Gasteiger partial charge in [0.05, 0.1) is 9.95 Å². The molecule has 0 aliphatic carbocycles. The number of aromatic nitrogens is 1. The van der Waals surface area contributed by atoms with E-state index in [0.29, 0.717) is 0 Å². The molecule has 0 aliphatic rings. The summed E-state index contributed by atoms with van der Waals surface area (Å²) in [5.74, 6) is -0.534. The van der Waals surface area contributed by atoms with E-state index in [0.717, 1.165) is 12.1 Å². The summed E-state index contributed by atoms with van der Waals surface area (Å²) >= 11 is 11.6. The first kappa shape index (κ1) is 12.7. The molecule has 7 heteroatoms. The van der Waals surface area contributed by atoms with Crippen molar-refractivity contribution in [2.24, 2.45) is 0 Å². The summed E-state index contributed by atoms with van der Waals surface area (Å²) in [6.07, 6.45) is 0. The first-order valence-corrected chi connectivity index (χ1v) is 5.51. The van der Waals surface area contributed by atoms with E-state index >= 15 is 0 Å². The highest BCUT2D eigenvalue weighted by Gasteiger charge is 2.19. The van der Waals surface area contributed by atoms with Gasteiger partial charge in [-0.2, -0.15) is 0 Å². The fourth-order valence-corrected chi connectivity index (χ4v) is 1.86. The van der Waals surface area contributed by atoms with Crippen LogP contribution < -0.4 is 0 Å². The van der Waals surface area contributed by atoms with Crippen molar-refractivity contribution in [3.05, 3.63) is 56.4 Å². The smallest absolute Gasteiger partial charge is 0.258 e. The summed E-state index contributed by atoms with van der Waals surface area (Å²) in [6.45, 7) is 0. The number of rotatable bonds is 2. The van der Waals surface area contributed by atoms with Crippen LogP contribution in [0.3, 0.4) is 0 Å². The lowest BCUT2D eigenvalue weighted by Gasteiger charge is -2.05. The standard InChI is InChI=1S/C11H5Cl2FN2O2/c12-8-5-6(14)1-2-7(8)11-9(16(17)18)3-4-10(13)15-11/h1-5H.